The van der Waals surface area contributed by atoms with E-state index in [9.17, 15) is 9.18 Å². The molecule has 2 atom stereocenters. The largest absolute Gasteiger partial charge is 0.284 e. The molecule has 9 heteroatoms. The number of hydrazine groups is 1. The van der Waals surface area contributed by atoms with Crippen molar-refractivity contribution in [2.24, 2.45) is 11.0 Å². The van der Waals surface area contributed by atoms with E-state index in [1.54, 1.807) is 23.2 Å². The van der Waals surface area contributed by atoms with E-state index in [4.69, 9.17) is 23.2 Å². The summed E-state index contributed by atoms with van der Waals surface area (Å²) in [5.74, 6) is -1.11. The number of hydrogen-bond donors (Lipinski definition) is 1. The average molecular weight is 528 g/mol. The molecule has 2 unspecified atom stereocenters. The summed E-state index contributed by atoms with van der Waals surface area (Å²) in [5, 5.41) is 8.97. The van der Waals surface area contributed by atoms with Crippen LogP contribution in [0.25, 0.3) is 0 Å². The van der Waals surface area contributed by atoms with Crippen LogP contribution in [0.5, 0.6) is 0 Å². The molecule has 1 N–H and O–H groups in total. The second kappa shape index (κ2) is 9.86. The molecule has 2 aliphatic rings. The standard InChI is InChI=1S/C22H22BrCl2FN4O/c23-15-6-4-14(5-7-15)21-17(13-26)20(22(31)28-29-10-2-1-3-11-29)27-30(21)19-9-8-16(24)12-18(19)25/h4-9,12,17,21H,1-3,10-11,13H2,(H,28,31). The predicted molar refractivity (Wildman–Crippen MR) is 126 cm³/mol. The zero-order valence-corrected chi connectivity index (χ0v) is 19.8. The van der Waals surface area contributed by atoms with Gasteiger partial charge < -0.3 is 0 Å². The van der Waals surface area contributed by atoms with Gasteiger partial charge in [0.2, 0.25) is 0 Å². The van der Waals surface area contributed by atoms with Gasteiger partial charge in [0.05, 0.1) is 22.7 Å². The first-order valence-corrected chi connectivity index (χ1v) is 11.7. The quantitative estimate of drug-likeness (QED) is 0.536. The number of benzene rings is 2. The van der Waals surface area contributed by atoms with Crippen LogP contribution >= 0.6 is 39.1 Å². The number of amides is 1. The van der Waals surface area contributed by atoms with Crippen LogP contribution in [-0.2, 0) is 4.79 Å². The number of alkyl halides is 1. The zero-order chi connectivity index (χ0) is 22.0. The molecule has 2 aromatic rings. The van der Waals surface area contributed by atoms with E-state index < -0.39 is 18.6 Å². The summed E-state index contributed by atoms with van der Waals surface area (Å²) in [6, 6.07) is 12.1. The lowest BCUT2D eigenvalue weighted by atomic mass is 9.90. The fourth-order valence-corrected chi connectivity index (χ4v) is 4.81. The van der Waals surface area contributed by atoms with Gasteiger partial charge in [-0.15, -0.1) is 0 Å². The topological polar surface area (TPSA) is 47.9 Å². The van der Waals surface area contributed by atoms with Gasteiger partial charge in [0, 0.05) is 22.6 Å². The van der Waals surface area contributed by atoms with Crippen molar-refractivity contribution in [3.8, 4) is 0 Å². The maximum atomic E-state index is 14.4. The van der Waals surface area contributed by atoms with Crippen LogP contribution in [0.1, 0.15) is 30.9 Å². The van der Waals surface area contributed by atoms with Crippen molar-refractivity contribution in [3.63, 3.8) is 0 Å². The Balaban J connectivity index is 1.71. The minimum absolute atomic E-state index is 0.159. The predicted octanol–water partition coefficient (Wildman–Crippen LogP) is 5.78. The Bertz CT molecular complexity index is 982. The summed E-state index contributed by atoms with van der Waals surface area (Å²) < 4.78 is 15.3. The molecule has 0 aliphatic carbocycles. The molecule has 2 aromatic carbocycles. The van der Waals surface area contributed by atoms with E-state index in [1.165, 1.54) is 0 Å². The fourth-order valence-electron chi connectivity index (χ4n) is 4.05. The smallest absolute Gasteiger partial charge is 0.282 e. The van der Waals surface area contributed by atoms with Gasteiger partial charge in [-0.1, -0.05) is 57.7 Å². The molecular formula is C22H22BrCl2FN4O. The Labute approximate surface area is 199 Å². The van der Waals surface area contributed by atoms with Gasteiger partial charge in [0.15, 0.2) is 0 Å². The average Bonchev–Trinajstić information content (AvgIpc) is 3.14. The molecule has 2 aliphatic heterocycles. The fraction of sp³-hybridized carbons (Fsp3) is 0.364. The molecule has 0 saturated carbocycles. The second-order valence-electron chi connectivity index (χ2n) is 7.67. The first kappa shape index (κ1) is 22.5. The van der Waals surface area contributed by atoms with E-state index in [1.807, 2.05) is 29.3 Å². The molecule has 5 nitrogen and oxygen atoms in total. The number of hydrogen-bond acceptors (Lipinski definition) is 4. The third kappa shape index (κ3) is 4.90. The lowest BCUT2D eigenvalue weighted by Crippen LogP contribution is -2.48. The van der Waals surface area contributed by atoms with Crippen molar-refractivity contribution in [1.29, 1.82) is 0 Å². The summed E-state index contributed by atoms with van der Waals surface area (Å²) >= 11 is 16.0. The molecule has 1 amide bonds. The Kier molecular flexibility index (Phi) is 7.16. The van der Waals surface area contributed by atoms with Crippen molar-refractivity contribution in [3.05, 3.63) is 62.5 Å². The number of hydrazone groups is 1. The highest BCUT2D eigenvalue weighted by Gasteiger charge is 2.43. The molecule has 1 fully saturated rings. The number of halogens is 4. The Morgan fingerprint density at radius 1 is 1.13 bits per heavy atom. The zero-order valence-electron chi connectivity index (χ0n) is 16.7. The van der Waals surface area contributed by atoms with Gasteiger partial charge in [-0.3, -0.25) is 19.6 Å². The van der Waals surface area contributed by atoms with E-state index in [0.717, 1.165) is 42.4 Å². The van der Waals surface area contributed by atoms with Crippen LogP contribution in [0, 0.1) is 5.92 Å². The molecule has 164 valence electrons. The highest BCUT2D eigenvalue weighted by molar-refractivity contribution is 9.10. The number of piperidine rings is 1. The van der Waals surface area contributed by atoms with Gasteiger partial charge >= 0.3 is 0 Å². The van der Waals surface area contributed by atoms with Crippen LogP contribution in [0.4, 0.5) is 10.1 Å². The Morgan fingerprint density at radius 3 is 2.48 bits per heavy atom. The minimum Gasteiger partial charge on any atom is -0.284 e. The summed E-state index contributed by atoms with van der Waals surface area (Å²) in [7, 11) is 0. The first-order valence-electron chi connectivity index (χ1n) is 10.2. The Morgan fingerprint density at radius 2 is 1.84 bits per heavy atom. The summed E-state index contributed by atoms with van der Waals surface area (Å²) in [6.07, 6.45) is 3.19. The number of rotatable bonds is 5. The molecule has 0 aromatic heterocycles. The maximum absolute atomic E-state index is 14.4. The third-order valence-corrected chi connectivity index (χ3v) is 6.66. The van der Waals surface area contributed by atoms with Crippen molar-refractivity contribution < 1.29 is 9.18 Å². The van der Waals surface area contributed by atoms with Crippen LogP contribution in [0.15, 0.2) is 52.0 Å². The molecule has 4 rings (SSSR count). The van der Waals surface area contributed by atoms with Gasteiger partial charge in [-0.05, 0) is 48.7 Å². The monoisotopic (exact) mass is 526 g/mol. The van der Waals surface area contributed by atoms with Crippen molar-refractivity contribution in [1.82, 2.24) is 10.4 Å². The van der Waals surface area contributed by atoms with Crippen LogP contribution < -0.4 is 10.4 Å². The molecule has 0 bridgehead atoms. The Hall–Kier alpha value is -1.67. The van der Waals surface area contributed by atoms with Crippen molar-refractivity contribution >= 4 is 56.4 Å². The summed E-state index contributed by atoms with van der Waals surface area (Å²) in [5.41, 5.74) is 4.47. The number of nitrogens with zero attached hydrogens (tertiary/aromatic N) is 3. The van der Waals surface area contributed by atoms with Crippen molar-refractivity contribution in [2.75, 3.05) is 24.8 Å². The van der Waals surface area contributed by atoms with Crippen LogP contribution in [0.3, 0.4) is 0 Å². The molecule has 1 saturated heterocycles. The lowest BCUT2D eigenvalue weighted by Gasteiger charge is -2.28. The highest BCUT2D eigenvalue weighted by Crippen LogP contribution is 2.43. The van der Waals surface area contributed by atoms with Gasteiger partial charge in [0.1, 0.15) is 12.4 Å². The van der Waals surface area contributed by atoms with E-state index >= 15 is 0 Å². The van der Waals surface area contributed by atoms with Gasteiger partial charge in [0.25, 0.3) is 5.91 Å². The summed E-state index contributed by atoms with van der Waals surface area (Å²) in [6.45, 7) is 0.832. The molecule has 0 spiro atoms. The van der Waals surface area contributed by atoms with Crippen LogP contribution in [0.2, 0.25) is 10.0 Å². The normalized spacial score (nSPS) is 21.8. The van der Waals surface area contributed by atoms with Crippen molar-refractivity contribution in [2.45, 2.75) is 25.3 Å². The first-order chi connectivity index (χ1) is 15.0. The number of carbonyl (C=O) groups is 1. The number of anilines is 1. The van der Waals surface area contributed by atoms with E-state index in [0.29, 0.717) is 15.7 Å². The molecular weight excluding hydrogens is 506 g/mol. The van der Waals surface area contributed by atoms with Gasteiger partial charge in [-0.2, -0.15) is 5.10 Å². The molecule has 2 heterocycles. The van der Waals surface area contributed by atoms with Crippen LogP contribution in [-0.4, -0.2) is 36.4 Å². The third-order valence-electron chi connectivity index (χ3n) is 5.59. The molecule has 0 radical (unpaired) electrons. The van der Waals surface area contributed by atoms with E-state index in [-0.39, 0.29) is 11.6 Å². The lowest BCUT2D eigenvalue weighted by molar-refractivity contribution is -0.120. The SMILES string of the molecule is O=C(NN1CCCCC1)C1=NN(c2ccc(Cl)cc2Cl)C(c2ccc(Br)cc2)C1CF. The van der Waals surface area contributed by atoms with Gasteiger partial charge in [-0.25, -0.2) is 5.01 Å². The summed E-state index contributed by atoms with van der Waals surface area (Å²) in [4.78, 5) is 13.1. The molecule has 31 heavy (non-hydrogen) atoms. The highest BCUT2D eigenvalue weighted by atomic mass is 79.9. The van der Waals surface area contributed by atoms with E-state index in [2.05, 4.69) is 26.5 Å². The second-order valence-corrected chi connectivity index (χ2v) is 9.43. The number of nitrogens with one attached hydrogen (secondary N) is 1. The maximum Gasteiger partial charge on any atom is 0.282 e. The minimum atomic E-state index is -0.738. The number of carbonyl (C=O) groups excluding carboxylic acids is 1.